The molecule has 1 N–H and O–H groups in total. The predicted octanol–water partition coefficient (Wildman–Crippen LogP) is 4.81. The second-order valence-corrected chi connectivity index (χ2v) is 8.52. The lowest BCUT2D eigenvalue weighted by molar-refractivity contribution is -0.127. The maximum atomic E-state index is 11.4. The van der Waals surface area contributed by atoms with Crippen LogP contribution in [-0.2, 0) is 14.9 Å². The minimum Gasteiger partial charge on any atom is -0.343 e. The van der Waals surface area contributed by atoms with Crippen molar-refractivity contribution < 1.29 is 17.8 Å². The van der Waals surface area contributed by atoms with Gasteiger partial charge in [-0.2, -0.15) is 8.42 Å². The van der Waals surface area contributed by atoms with Crippen LogP contribution in [0, 0.1) is 0 Å². The van der Waals surface area contributed by atoms with Crippen molar-refractivity contribution in [2.24, 2.45) is 0 Å². The molecule has 1 aliphatic heterocycles. The minimum absolute atomic E-state index is 0.132. The molecule has 0 bridgehead atoms. The Morgan fingerprint density at radius 3 is 1.76 bits per heavy atom. The van der Waals surface area contributed by atoms with Gasteiger partial charge in [0.05, 0.1) is 5.75 Å². The quantitative estimate of drug-likeness (QED) is 0.369. The molecule has 0 saturated carbocycles. The maximum Gasteiger partial charge on any atom is 0.264 e. The average Bonchev–Trinajstić information content (AvgIpc) is 2.94. The monoisotopic (exact) mass is 377 g/mol. The van der Waals surface area contributed by atoms with Crippen molar-refractivity contribution in [2.75, 3.05) is 18.8 Å². The number of carbonyl (C=O) groups is 1. The van der Waals surface area contributed by atoms with E-state index in [1.807, 2.05) is 4.90 Å². The van der Waals surface area contributed by atoms with E-state index in [1.165, 1.54) is 64.2 Å². The van der Waals surface area contributed by atoms with Crippen molar-refractivity contribution in [1.82, 2.24) is 4.90 Å². The summed E-state index contributed by atoms with van der Waals surface area (Å²) < 4.78 is 27.6. The topological polar surface area (TPSA) is 74.7 Å². The van der Waals surface area contributed by atoms with Crippen LogP contribution in [0.5, 0.6) is 0 Å². The fraction of sp³-hybridized carbons (Fsp3) is 0.947. The third-order valence-corrected chi connectivity index (χ3v) is 5.34. The van der Waals surface area contributed by atoms with Crippen molar-refractivity contribution in [2.45, 2.75) is 97.3 Å². The standard InChI is InChI=1S/C16H31NO.C3H8O3S/c1-2-3-4-5-6-7-8-9-10-11-14-17-15-12-13-16(17)18;1-2-3-7(4,5)6/h2-15H2,1H3;2-3H2,1H3,(H,4,5,6). The van der Waals surface area contributed by atoms with Gasteiger partial charge in [-0.3, -0.25) is 9.35 Å². The van der Waals surface area contributed by atoms with Crippen LogP contribution in [0.25, 0.3) is 0 Å². The number of rotatable bonds is 13. The molecule has 1 fully saturated rings. The number of hydrogen-bond acceptors (Lipinski definition) is 3. The van der Waals surface area contributed by atoms with E-state index in [-0.39, 0.29) is 5.75 Å². The number of carbonyl (C=O) groups excluding carboxylic acids is 1. The Labute approximate surface area is 155 Å². The summed E-state index contributed by atoms with van der Waals surface area (Å²) in [6.07, 6.45) is 16.0. The summed E-state index contributed by atoms with van der Waals surface area (Å²) in [4.78, 5) is 13.4. The Morgan fingerprint density at radius 1 is 0.880 bits per heavy atom. The Morgan fingerprint density at radius 2 is 1.40 bits per heavy atom. The zero-order chi connectivity index (χ0) is 19.0. The smallest absolute Gasteiger partial charge is 0.264 e. The van der Waals surface area contributed by atoms with Gasteiger partial charge in [0.15, 0.2) is 0 Å². The molecule has 0 unspecified atom stereocenters. The van der Waals surface area contributed by atoms with Crippen LogP contribution in [0.15, 0.2) is 0 Å². The molecule has 5 nitrogen and oxygen atoms in total. The number of unbranched alkanes of at least 4 members (excludes halogenated alkanes) is 9. The SMILES string of the molecule is CCCCCCCCCCCCN1CCCC1=O.CCCS(=O)(=O)O. The van der Waals surface area contributed by atoms with Crippen LogP contribution in [0.2, 0.25) is 0 Å². The summed E-state index contributed by atoms with van der Waals surface area (Å²) in [6, 6.07) is 0. The highest BCUT2D eigenvalue weighted by Crippen LogP contribution is 2.13. The van der Waals surface area contributed by atoms with E-state index in [2.05, 4.69) is 6.92 Å². The molecular formula is C19H39NO4S. The summed E-state index contributed by atoms with van der Waals surface area (Å²) >= 11 is 0. The molecule has 0 aromatic heterocycles. The molecule has 0 spiro atoms. The maximum absolute atomic E-state index is 11.4. The summed E-state index contributed by atoms with van der Waals surface area (Å²) in [6.45, 7) is 5.98. The van der Waals surface area contributed by atoms with E-state index in [1.54, 1.807) is 6.92 Å². The van der Waals surface area contributed by atoms with Crippen LogP contribution in [0.1, 0.15) is 97.3 Å². The molecule has 25 heavy (non-hydrogen) atoms. The van der Waals surface area contributed by atoms with Crippen molar-refractivity contribution in [3.05, 3.63) is 0 Å². The van der Waals surface area contributed by atoms with Gasteiger partial charge in [0.25, 0.3) is 10.1 Å². The van der Waals surface area contributed by atoms with Crippen LogP contribution in [0.4, 0.5) is 0 Å². The van der Waals surface area contributed by atoms with Gasteiger partial charge in [-0.25, -0.2) is 0 Å². The average molecular weight is 378 g/mol. The first-order valence-corrected chi connectivity index (χ1v) is 11.7. The molecule has 0 radical (unpaired) electrons. The normalized spacial score (nSPS) is 14.5. The highest BCUT2D eigenvalue weighted by Gasteiger charge is 2.18. The molecular weight excluding hydrogens is 338 g/mol. The highest BCUT2D eigenvalue weighted by molar-refractivity contribution is 7.85. The first-order chi connectivity index (χ1) is 11.9. The molecule has 1 saturated heterocycles. The van der Waals surface area contributed by atoms with E-state index < -0.39 is 10.1 Å². The first-order valence-electron chi connectivity index (χ1n) is 10.1. The van der Waals surface area contributed by atoms with Crippen molar-refractivity contribution in [1.29, 1.82) is 0 Å². The fourth-order valence-electron chi connectivity index (χ4n) is 2.99. The molecule has 0 aromatic rings. The van der Waals surface area contributed by atoms with Crippen LogP contribution < -0.4 is 0 Å². The number of likely N-dealkylation sites (tertiary alicyclic amines) is 1. The van der Waals surface area contributed by atoms with Crippen LogP contribution >= 0.6 is 0 Å². The van der Waals surface area contributed by atoms with Gasteiger partial charge in [-0.1, -0.05) is 71.6 Å². The number of hydrogen-bond donors (Lipinski definition) is 1. The Kier molecular flexibility index (Phi) is 15.2. The largest absolute Gasteiger partial charge is 0.343 e. The van der Waals surface area contributed by atoms with Gasteiger partial charge < -0.3 is 4.90 Å². The second kappa shape index (κ2) is 15.6. The molecule has 0 atom stereocenters. The van der Waals surface area contributed by atoms with Crippen molar-refractivity contribution >= 4 is 16.0 Å². The molecule has 1 rings (SSSR count). The Balaban J connectivity index is 0.000000697. The lowest BCUT2D eigenvalue weighted by Gasteiger charge is -2.14. The van der Waals surface area contributed by atoms with Gasteiger partial charge >= 0.3 is 0 Å². The van der Waals surface area contributed by atoms with Gasteiger partial charge in [0.2, 0.25) is 5.91 Å². The van der Waals surface area contributed by atoms with Gasteiger partial charge in [0, 0.05) is 19.5 Å². The summed E-state index contributed by atoms with van der Waals surface area (Å²) in [5.41, 5.74) is 0. The summed E-state index contributed by atoms with van der Waals surface area (Å²) in [5.74, 6) is 0.249. The van der Waals surface area contributed by atoms with E-state index in [0.29, 0.717) is 12.3 Å². The van der Waals surface area contributed by atoms with Gasteiger partial charge in [-0.05, 0) is 19.3 Å². The Hall–Kier alpha value is -0.620. The third-order valence-electron chi connectivity index (χ3n) is 4.42. The Bertz CT molecular complexity index is 423. The molecule has 1 heterocycles. The van der Waals surface area contributed by atoms with Gasteiger partial charge in [0.1, 0.15) is 0 Å². The molecule has 0 aromatic carbocycles. The predicted molar refractivity (Wildman–Crippen MR) is 104 cm³/mol. The highest BCUT2D eigenvalue weighted by atomic mass is 32.2. The fourth-order valence-corrected chi connectivity index (χ4v) is 3.50. The summed E-state index contributed by atoms with van der Waals surface area (Å²) in [5, 5.41) is 0. The molecule has 150 valence electrons. The number of amides is 1. The third kappa shape index (κ3) is 16.6. The molecule has 1 aliphatic rings. The van der Waals surface area contributed by atoms with E-state index in [4.69, 9.17) is 4.55 Å². The van der Waals surface area contributed by atoms with Crippen LogP contribution in [0.3, 0.4) is 0 Å². The summed E-state index contributed by atoms with van der Waals surface area (Å²) in [7, 11) is -3.67. The lowest BCUT2D eigenvalue weighted by atomic mass is 10.1. The van der Waals surface area contributed by atoms with Crippen molar-refractivity contribution in [3.8, 4) is 0 Å². The number of nitrogens with zero attached hydrogens (tertiary/aromatic N) is 1. The molecule has 1 amide bonds. The second-order valence-electron chi connectivity index (χ2n) is 6.95. The molecule has 0 aliphatic carbocycles. The van der Waals surface area contributed by atoms with Gasteiger partial charge in [-0.15, -0.1) is 0 Å². The van der Waals surface area contributed by atoms with E-state index in [9.17, 15) is 13.2 Å². The van der Waals surface area contributed by atoms with E-state index >= 15 is 0 Å². The zero-order valence-corrected chi connectivity index (χ0v) is 17.2. The minimum atomic E-state index is -3.67. The first kappa shape index (κ1) is 24.4. The van der Waals surface area contributed by atoms with E-state index in [0.717, 1.165) is 25.9 Å². The van der Waals surface area contributed by atoms with Crippen LogP contribution in [-0.4, -0.2) is 42.6 Å². The van der Waals surface area contributed by atoms with Crippen molar-refractivity contribution in [3.63, 3.8) is 0 Å². The lowest BCUT2D eigenvalue weighted by Crippen LogP contribution is -2.25. The zero-order valence-electron chi connectivity index (χ0n) is 16.3. The molecule has 6 heteroatoms.